The maximum absolute atomic E-state index is 12.8. The Morgan fingerprint density at radius 1 is 0.865 bits per heavy atom. The van der Waals surface area contributed by atoms with Crippen molar-refractivity contribution in [2.24, 2.45) is 0 Å². The SMILES string of the molecule is COc1cc(OC)c2sc(-c3ccc(N/C=C\C(=O)c4cc(OC)c(OC)c(OC)c4)c(C)c3)nc2c1. The summed E-state index contributed by atoms with van der Waals surface area (Å²) in [6.45, 7) is 2.00. The summed E-state index contributed by atoms with van der Waals surface area (Å²) in [7, 11) is 7.80. The topological polar surface area (TPSA) is 88.1 Å². The van der Waals surface area contributed by atoms with Crippen molar-refractivity contribution in [3.63, 3.8) is 0 Å². The van der Waals surface area contributed by atoms with Crippen molar-refractivity contribution in [1.29, 1.82) is 0 Å². The third-order valence-corrected chi connectivity index (χ3v) is 6.92. The minimum absolute atomic E-state index is 0.208. The number of ether oxygens (including phenoxy) is 5. The van der Waals surface area contributed by atoms with Crippen molar-refractivity contribution < 1.29 is 28.5 Å². The molecule has 1 N–H and O–H groups in total. The summed E-state index contributed by atoms with van der Waals surface area (Å²) in [5, 5.41) is 4.07. The second-order valence-electron chi connectivity index (χ2n) is 7.98. The number of nitrogens with zero attached hydrogens (tertiary/aromatic N) is 1. The first-order valence-corrected chi connectivity index (χ1v) is 12.1. The third kappa shape index (κ3) is 5.31. The molecule has 0 unspecified atom stereocenters. The number of carbonyl (C=O) groups excluding carboxylic acids is 1. The number of rotatable bonds is 10. The van der Waals surface area contributed by atoms with Crippen LogP contribution in [0.3, 0.4) is 0 Å². The van der Waals surface area contributed by atoms with Gasteiger partial charge in [0.15, 0.2) is 17.3 Å². The van der Waals surface area contributed by atoms with E-state index in [1.165, 1.54) is 27.4 Å². The standard InChI is InChI=1S/C28H28N2O6S/c1-16-11-17(28-30-21-14-19(32-2)15-25(35-5)27(21)37-28)7-8-20(16)29-10-9-22(31)18-12-23(33-3)26(36-6)24(13-18)34-4/h7-15,29H,1-6H3/b10-9-. The Labute approximate surface area is 219 Å². The number of fused-ring (bicyclic) bond motifs is 1. The summed E-state index contributed by atoms with van der Waals surface area (Å²) in [6.07, 6.45) is 3.07. The number of aryl methyl sites for hydroxylation is 1. The normalized spacial score (nSPS) is 11.0. The van der Waals surface area contributed by atoms with E-state index < -0.39 is 0 Å². The fourth-order valence-electron chi connectivity index (χ4n) is 3.86. The number of allylic oxidation sites excluding steroid dienone is 1. The largest absolute Gasteiger partial charge is 0.497 e. The highest BCUT2D eigenvalue weighted by Gasteiger charge is 2.16. The number of hydrogen-bond donors (Lipinski definition) is 1. The van der Waals surface area contributed by atoms with Gasteiger partial charge in [0, 0.05) is 41.2 Å². The monoisotopic (exact) mass is 520 g/mol. The molecule has 0 aliphatic carbocycles. The number of ketones is 1. The highest BCUT2D eigenvalue weighted by atomic mass is 32.1. The van der Waals surface area contributed by atoms with E-state index >= 15 is 0 Å². The van der Waals surface area contributed by atoms with Crippen molar-refractivity contribution in [2.45, 2.75) is 6.92 Å². The lowest BCUT2D eigenvalue weighted by molar-refractivity contribution is 0.104. The first-order valence-electron chi connectivity index (χ1n) is 11.3. The molecule has 192 valence electrons. The molecule has 0 radical (unpaired) electrons. The molecule has 4 rings (SSSR count). The van der Waals surface area contributed by atoms with Gasteiger partial charge in [-0.25, -0.2) is 4.98 Å². The van der Waals surface area contributed by atoms with E-state index in [0.717, 1.165) is 37.8 Å². The van der Waals surface area contributed by atoms with Crippen molar-refractivity contribution in [3.05, 3.63) is 65.9 Å². The van der Waals surface area contributed by atoms with Gasteiger partial charge in [-0.3, -0.25) is 4.79 Å². The van der Waals surface area contributed by atoms with Crippen molar-refractivity contribution in [3.8, 4) is 39.3 Å². The first kappa shape index (κ1) is 25.8. The van der Waals surface area contributed by atoms with Gasteiger partial charge in [-0.15, -0.1) is 11.3 Å². The van der Waals surface area contributed by atoms with Crippen LogP contribution < -0.4 is 29.0 Å². The number of aromatic nitrogens is 1. The molecule has 0 aliphatic rings. The summed E-state index contributed by atoms with van der Waals surface area (Å²) in [6, 6.07) is 13.0. The Hall–Kier alpha value is -4.24. The minimum Gasteiger partial charge on any atom is -0.497 e. The molecule has 4 aromatic rings. The highest BCUT2D eigenvalue weighted by molar-refractivity contribution is 7.22. The van der Waals surface area contributed by atoms with E-state index in [4.69, 9.17) is 28.7 Å². The maximum atomic E-state index is 12.8. The number of hydrogen-bond acceptors (Lipinski definition) is 9. The predicted molar refractivity (Wildman–Crippen MR) is 146 cm³/mol. The number of anilines is 1. The number of nitrogens with one attached hydrogen (secondary N) is 1. The number of carbonyl (C=O) groups is 1. The lowest BCUT2D eigenvalue weighted by Crippen LogP contribution is -2.01. The van der Waals surface area contributed by atoms with Crippen LogP contribution >= 0.6 is 11.3 Å². The maximum Gasteiger partial charge on any atom is 0.203 e. The number of methoxy groups -OCH3 is 5. The van der Waals surface area contributed by atoms with Crippen LogP contribution in [0.1, 0.15) is 15.9 Å². The lowest BCUT2D eigenvalue weighted by Gasteiger charge is -2.13. The van der Waals surface area contributed by atoms with Crippen molar-refractivity contribution >= 4 is 33.0 Å². The molecular weight excluding hydrogens is 492 g/mol. The summed E-state index contributed by atoms with van der Waals surface area (Å²) >= 11 is 1.56. The Balaban J connectivity index is 1.53. The third-order valence-electron chi connectivity index (χ3n) is 5.78. The molecule has 0 saturated carbocycles. The van der Waals surface area contributed by atoms with Gasteiger partial charge >= 0.3 is 0 Å². The number of benzene rings is 3. The number of thiazole rings is 1. The van der Waals surface area contributed by atoms with E-state index in [-0.39, 0.29) is 5.78 Å². The molecule has 3 aromatic carbocycles. The molecule has 0 fully saturated rings. The van der Waals surface area contributed by atoms with Gasteiger partial charge in [0.05, 0.1) is 45.8 Å². The molecule has 37 heavy (non-hydrogen) atoms. The summed E-state index contributed by atoms with van der Waals surface area (Å²) in [5.41, 5.74) is 4.11. The second-order valence-corrected chi connectivity index (χ2v) is 8.98. The fraction of sp³-hybridized carbons (Fsp3) is 0.214. The Morgan fingerprint density at radius 2 is 1.57 bits per heavy atom. The predicted octanol–water partition coefficient (Wildman–Crippen LogP) is 6.12. The molecule has 0 aliphatic heterocycles. The van der Waals surface area contributed by atoms with E-state index in [1.54, 1.807) is 43.9 Å². The average molecular weight is 521 g/mol. The zero-order valence-electron chi connectivity index (χ0n) is 21.5. The van der Waals surface area contributed by atoms with Gasteiger partial charge < -0.3 is 29.0 Å². The van der Waals surface area contributed by atoms with Crippen LogP contribution in [0.15, 0.2) is 54.7 Å². The summed E-state index contributed by atoms with van der Waals surface area (Å²) in [4.78, 5) is 17.6. The van der Waals surface area contributed by atoms with E-state index in [0.29, 0.717) is 28.6 Å². The van der Waals surface area contributed by atoms with Crippen LogP contribution in [0, 0.1) is 6.92 Å². The molecule has 9 heteroatoms. The van der Waals surface area contributed by atoms with Crippen LogP contribution in [0.4, 0.5) is 5.69 Å². The molecule has 1 heterocycles. The van der Waals surface area contributed by atoms with E-state index in [1.807, 2.05) is 31.2 Å². The van der Waals surface area contributed by atoms with Crippen LogP contribution in [-0.2, 0) is 0 Å². The second kappa shape index (κ2) is 11.2. The zero-order chi connectivity index (χ0) is 26.5. The fourth-order valence-corrected chi connectivity index (χ4v) is 4.89. The summed E-state index contributed by atoms with van der Waals surface area (Å²) in [5.74, 6) is 2.50. The zero-order valence-corrected chi connectivity index (χ0v) is 22.3. The van der Waals surface area contributed by atoms with Crippen LogP contribution in [0.25, 0.3) is 20.8 Å². The van der Waals surface area contributed by atoms with Gasteiger partial charge in [-0.2, -0.15) is 0 Å². The Bertz CT molecular complexity index is 1450. The molecule has 0 atom stereocenters. The van der Waals surface area contributed by atoms with Gasteiger partial charge in [0.2, 0.25) is 5.75 Å². The van der Waals surface area contributed by atoms with Crippen molar-refractivity contribution in [1.82, 2.24) is 4.98 Å². The van der Waals surface area contributed by atoms with Crippen LogP contribution in [0.2, 0.25) is 0 Å². The molecule has 0 amide bonds. The summed E-state index contributed by atoms with van der Waals surface area (Å²) < 4.78 is 27.8. The van der Waals surface area contributed by atoms with E-state index in [9.17, 15) is 4.79 Å². The Kier molecular flexibility index (Phi) is 7.83. The molecule has 0 bridgehead atoms. The quantitative estimate of drug-likeness (QED) is 0.198. The minimum atomic E-state index is -0.208. The smallest absolute Gasteiger partial charge is 0.203 e. The van der Waals surface area contributed by atoms with Gasteiger partial charge in [-0.1, -0.05) is 0 Å². The Morgan fingerprint density at radius 3 is 2.16 bits per heavy atom. The molecule has 1 aromatic heterocycles. The van der Waals surface area contributed by atoms with Crippen molar-refractivity contribution in [2.75, 3.05) is 40.9 Å². The van der Waals surface area contributed by atoms with Crippen LogP contribution in [0.5, 0.6) is 28.7 Å². The van der Waals surface area contributed by atoms with Crippen LogP contribution in [-0.4, -0.2) is 46.3 Å². The highest BCUT2D eigenvalue weighted by Crippen LogP contribution is 2.40. The van der Waals surface area contributed by atoms with Gasteiger partial charge in [-0.05, 0) is 42.8 Å². The van der Waals surface area contributed by atoms with E-state index in [2.05, 4.69) is 11.4 Å². The first-order chi connectivity index (χ1) is 17.9. The van der Waals surface area contributed by atoms with Gasteiger partial charge in [0.1, 0.15) is 16.5 Å². The molecule has 0 saturated heterocycles. The molecule has 0 spiro atoms. The lowest BCUT2D eigenvalue weighted by atomic mass is 10.1. The average Bonchev–Trinajstić information content (AvgIpc) is 3.36. The van der Waals surface area contributed by atoms with Gasteiger partial charge in [0.25, 0.3) is 0 Å². The molecular formula is C28H28N2O6S. The molecule has 8 nitrogen and oxygen atoms in total.